The lowest BCUT2D eigenvalue weighted by molar-refractivity contribution is 0.0715. The number of phenols is 1. The van der Waals surface area contributed by atoms with Crippen LogP contribution in [0, 0.1) is 0 Å². The van der Waals surface area contributed by atoms with E-state index < -0.39 is 6.10 Å². The van der Waals surface area contributed by atoms with E-state index in [-0.39, 0.29) is 23.3 Å². The summed E-state index contributed by atoms with van der Waals surface area (Å²) in [5.41, 5.74) is 0.232. The van der Waals surface area contributed by atoms with Gasteiger partial charge in [0, 0.05) is 4.47 Å². The van der Waals surface area contributed by atoms with Gasteiger partial charge >= 0.3 is 0 Å². The van der Waals surface area contributed by atoms with Gasteiger partial charge in [-0.2, -0.15) is 0 Å². The molecule has 5 heteroatoms. The Morgan fingerprint density at radius 3 is 2.72 bits per heavy atom. The highest BCUT2D eigenvalue weighted by molar-refractivity contribution is 9.10. The number of benzene rings is 1. The van der Waals surface area contributed by atoms with Crippen molar-refractivity contribution in [2.45, 2.75) is 37.8 Å². The first-order valence-corrected chi connectivity index (χ1v) is 6.84. The molecule has 1 fully saturated rings. The summed E-state index contributed by atoms with van der Waals surface area (Å²) in [7, 11) is 0. The van der Waals surface area contributed by atoms with Crippen molar-refractivity contribution in [2.75, 3.05) is 0 Å². The van der Waals surface area contributed by atoms with Gasteiger partial charge in [-0.3, -0.25) is 4.79 Å². The molecule has 2 rings (SSSR count). The quantitative estimate of drug-likeness (QED) is 0.784. The van der Waals surface area contributed by atoms with Crippen LogP contribution in [0.25, 0.3) is 0 Å². The summed E-state index contributed by atoms with van der Waals surface area (Å²) >= 11 is 3.22. The molecular formula is C13H16BrNO3. The molecular weight excluding hydrogens is 298 g/mol. The summed E-state index contributed by atoms with van der Waals surface area (Å²) in [4.78, 5) is 12.0. The predicted molar refractivity (Wildman–Crippen MR) is 71.5 cm³/mol. The molecule has 0 bridgehead atoms. The van der Waals surface area contributed by atoms with E-state index in [4.69, 9.17) is 0 Å². The smallest absolute Gasteiger partial charge is 0.255 e. The summed E-state index contributed by atoms with van der Waals surface area (Å²) in [5.74, 6) is -0.405. The van der Waals surface area contributed by atoms with E-state index in [9.17, 15) is 15.0 Å². The number of amides is 1. The minimum atomic E-state index is -0.486. The van der Waals surface area contributed by atoms with Crippen molar-refractivity contribution in [3.63, 3.8) is 0 Å². The van der Waals surface area contributed by atoms with Gasteiger partial charge in [-0.05, 0) is 31.0 Å². The summed E-state index contributed by atoms with van der Waals surface area (Å²) in [6.07, 6.45) is 3.02. The fourth-order valence-corrected chi connectivity index (χ4v) is 2.57. The molecule has 98 valence electrons. The van der Waals surface area contributed by atoms with Gasteiger partial charge in [0.25, 0.3) is 5.91 Å². The zero-order valence-electron chi connectivity index (χ0n) is 9.90. The third kappa shape index (κ3) is 3.03. The Morgan fingerprint density at radius 2 is 2.06 bits per heavy atom. The number of aliphatic hydroxyl groups is 1. The topological polar surface area (TPSA) is 69.6 Å². The van der Waals surface area contributed by atoms with Gasteiger partial charge in [0.15, 0.2) is 0 Å². The van der Waals surface area contributed by atoms with Crippen LogP contribution in [0.2, 0.25) is 0 Å². The number of phenolic OH excluding ortho intramolecular Hbond substituents is 1. The Balaban J connectivity index is 2.07. The number of hydrogen-bond acceptors (Lipinski definition) is 3. The largest absolute Gasteiger partial charge is 0.507 e. The van der Waals surface area contributed by atoms with Crippen molar-refractivity contribution in [3.05, 3.63) is 28.2 Å². The zero-order valence-corrected chi connectivity index (χ0v) is 11.5. The average Bonchev–Trinajstić information content (AvgIpc) is 2.32. The van der Waals surface area contributed by atoms with Gasteiger partial charge in [0.2, 0.25) is 0 Å². The van der Waals surface area contributed by atoms with Gasteiger partial charge in [-0.15, -0.1) is 0 Å². The van der Waals surface area contributed by atoms with Crippen LogP contribution in [-0.2, 0) is 0 Å². The van der Waals surface area contributed by atoms with E-state index in [0.717, 1.165) is 25.7 Å². The molecule has 0 spiro atoms. The van der Waals surface area contributed by atoms with Crippen LogP contribution in [0.5, 0.6) is 5.75 Å². The molecule has 1 saturated carbocycles. The molecule has 0 aromatic heterocycles. The second-order valence-corrected chi connectivity index (χ2v) is 5.51. The number of carbonyl (C=O) groups is 1. The van der Waals surface area contributed by atoms with Crippen molar-refractivity contribution >= 4 is 21.8 Å². The third-order valence-corrected chi connectivity index (χ3v) is 3.74. The monoisotopic (exact) mass is 313 g/mol. The van der Waals surface area contributed by atoms with E-state index in [1.54, 1.807) is 12.1 Å². The molecule has 0 aliphatic heterocycles. The molecule has 3 N–H and O–H groups in total. The van der Waals surface area contributed by atoms with Crippen molar-refractivity contribution in [3.8, 4) is 5.75 Å². The molecule has 1 amide bonds. The van der Waals surface area contributed by atoms with E-state index >= 15 is 0 Å². The van der Waals surface area contributed by atoms with Gasteiger partial charge in [-0.25, -0.2) is 0 Å². The number of halogens is 1. The summed E-state index contributed by atoms with van der Waals surface area (Å²) in [5, 5.41) is 22.3. The number of nitrogens with one attached hydrogen (secondary N) is 1. The first-order valence-electron chi connectivity index (χ1n) is 6.05. The van der Waals surface area contributed by atoms with Crippen molar-refractivity contribution in [2.24, 2.45) is 0 Å². The van der Waals surface area contributed by atoms with E-state index in [0.29, 0.717) is 4.47 Å². The second-order valence-electron chi connectivity index (χ2n) is 4.59. The van der Waals surface area contributed by atoms with Crippen molar-refractivity contribution < 1.29 is 15.0 Å². The lowest BCUT2D eigenvalue weighted by Crippen LogP contribution is -2.45. The highest BCUT2D eigenvalue weighted by atomic mass is 79.9. The molecule has 0 radical (unpaired) electrons. The molecule has 1 aromatic rings. The van der Waals surface area contributed by atoms with Gasteiger partial charge in [0.05, 0.1) is 17.7 Å². The number of carbonyl (C=O) groups excluding carboxylic acids is 1. The van der Waals surface area contributed by atoms with E-state index in [1.807, 2.05) is 0 Å². The summed E-state index contributed by atoms with van der Waals surface area (Å²) in [6, 6.07) is 4.52. The Labute approximate surface area is 114 Å². The molecule has 4 nitrogen and oxygen atoms in total. The summed E-state index contributed by atoms with van der Waals surface area (Å²) < 4.78 is 0.717. The molecule has 1 aromatic carbocycles. The summed E-state index contributed by atoms with van der Waals surface area (Å²) in [6.45, 7) is 0. The minimum absolute atomic E-state index is 0.0628. The SMILES string of the molecule is O=C(N[C@H]1CCCC[C@@H]1O)c1ccc(Br)cc1O. The molecule has 1 aliphatic rings. The molecule has 1 aliphatic carbocycles. The number of aliphatic hydroxyl groups excluding tert-OH is 1. The Bertz CT molecular complexity index is 450. The second kappa shape index (κ2) is 5.71. The lowest BCUT2D eigenvalue weighted by atomic mass is 9.92. The van der Waals surface area contributed by atoms with E-state index in [2.05, 4.69) is 21.2 Å². The average molecular weight is 314 g/mol. The number of rotatable bonds is 2. The van der Waals surface area contributed by atoms with Crippen molar-refractivity contribution in [1.29, 1.82) is 0 Å². The van der Waals surface area contributed by atoms with E-state index in [1.165, 1.54) is 6.07 Å². The molecule has 2 atom stereocenters. The minimum Gasteiger partial charge on any atom is -0.507 e. The highest BCUT2D eigenvalue weighted by Crippen LogP contribution is 2.23. The van der Waals surface area contributed by atoms with Crippen LogP contribution >= 0.6 is 15.9 Å². The third-order valence-electron chi connectivity index (χ3n) is 3.25. The standard InChI is InChI=1S/C13H16BrNO3/c14-8-5-6-9(12(17)7-8)13(18)15-10-3-1-2-4-11(10)16/h5-7,10-11,16-17H,1-4H2,(H,15,18)/t10-,11-/m0/s1. The fraction of sp³-hybridized carbons (Fsp3) is 0.462. The Hall–Kier alpha value is -1.07. The predicted octanol–water partition coefficient (Wildman–Crippen LogP) is 2.19. The lowest BCUT2D eigenvalue weighted by Gasteiger charge is -2.28. The Morgan fingerprint density at radius 1 is 1.33 bits per heavy atom. The molecule has 0 saturated heterocycles. The van der Waals surface area contributed by atoms with Crippen LogP contribution in [0.1, 0.15) is 36.0 Å². The fourth-order valence-electron chi connectivity index (χ4n) is 2.22. The maximum atomic E-state index is 12.0. The molecule has 0 heterocycles. The number of aromatic hydroxyl groups is 1. The van der Waals surface area contributed by atoms with Crippen LogP contribution in [0.4, 0.5) is 0 Å². The van der Waals surface area contributed by atoms with Crippen LogP contribution in [0.3, 0.4) is 0 Å². The molecule has 18 heavy (non-hydrogen) atoms. The van der Waals surface area contributed by atoms with Crippen LogP contribution < -0.4 is 5.32 Å². The van der Waals surface area contributed by atoms with Crippen LogP contribution in [0.15, 0.2) is 22.7 Å². The van der Waals surface area contributed by atoms with Crippen LogP contribution in [-0.4, -0.2) is 28.3 Å². The number of hydrogen-bond donors (Lipinski definition) is 3. The maximum absolute atomic E-state index is 12.0. The maximum Gasteiger partial charge on any atom is 0.255 e. The Kier molecular flexibility index (Phi) is 4.24. The van der Waals surface area contributed by atoms with Crippen molar-refractivity contribution in [1.82, 2.24) is 5.32 Å². The molecule has 0 unspecified atom stereocenters. The first-order chi connectivity index (χ1) is 8.58. The first kappa shape index (κ1) is 13.4. The van der Waals surface area contributed by atoms with Gasteiger partial charge in [-0.1, -0.05) is 28.8 Å². The zero-order chi connectivity index (χ0) is 13.1. The highest BCUT2D eigenvalue weighted by Gasteiger charge is 2.25. The van der Waals surface area contributed by atoms with Gasteiger partial charge in [0.1, 0.15) is 5.75 Å². The van der Waals surface area contributed by atoms with Gasteiger partial charge < -0.3 is 15.5 Å². The normalized spacial score (nSPS) is 23.7.